The lowest BCUT2D eigenvalue weighted by molar-refractivity contribution is -0.112. The number of hydrogen-bond acceptors (Lipinski definition) is 5. The van der Waals surface area contributed by atoms with Crippen molar-refractivity contribution in [3.05, 3.63) is 41.2 Å². The number of tetrazole rings is 1. The van der Waals surface area contributed by atoms with E-state index in [1.54, 1.807) is 4.68 Å². The van der Waals surface area contributed by atoms with Crippen molar-refractivity contribution >= 4 is 11.6 Å². The molecule has 1 saturated heterocycles. The zero-order valence-electron chi connectivity index (χ0n) is 11.9. The molecule has 2 aromatic rings. The van der Waals surface area contributed by atoms with Gasteiger partial charge < -0.3 is 10.6 Å². The molecule has 2 N–H and O–H groups in total. The third kappa shape index (κ3) is 2.68. The summed E-state index contributed by atoms with van der Waals surface area (Å²) < 4.78 is 1.58. The number of aryl methyl sites for hydroxylation is 1. The summed E-state index contributed by atoms with van der Waals surface area (Å²) in [4.78, 5) is 12.2. The first-order valence-electron chi connectivity index (χ1n) is 6.70. The normalized spacial score (nSPS) is 13.7. The van der Waals surface area contributed by atoms with Crippen molar-refractivity contribution in [2.45, 2.75) is 13.8 Å². The minimum absolute atomic E-state index is 0.0713. The van der Waals surface area contributed by atoms with Gasteiger partial charge in [0.05, 0.1) is 5.69 Å². The maximum Gasteiger partial charge on any atom is 0.251 e. The van der Waals surface area contributed by atoms with E-state index in [0.29, 0.717) is 0 Å². The highest BCUT2D eigenvalue weighted by molar-refractivity contribution is 6.04. The second-order valence-corrected chi connectivity index (χ2v) is 5.04. The molecular weight excluding hydrogens is 268 g/mol. The molecule has 1 fully saturated rings. The highest BCUT2D eigenvalue weighted by Gasteiger charge is 2.16. The van der Waals surface area contributed by atoms with Gasteiger partial charge in [0, 0.05) is 24.4 Å². The fraction of sp³-hybridized carbons (Fsp3) is 0.286. The topological polar surface area (TPSA) is 84.7 Å². The average Bonchev–Trinajstić information content (AvgIpc) is 2.92. The molecule has 2 heterocycles. The molecule has 3 rings (SSSR count). The Kier molecular flexibility index (Phi) is 3.49. The van der Waals surface area contributed by atoms with Gasteiger partial charge in [0.25, 0.3) is 5.91 Å². The number of nitrogens with zero attached hydrogens (tertiary/aromatic N) is 4. The van der Waals surface area contributed by atoms with E-state index in [-0.39, 0.29) is 5.91 Å². The molecule has 0 radical (unpaired) electrons. The molecule has 0 aliphatic carbocycles. The smallest absolute Gasteiger partial charge is 0.251 e. The van der Waals surface area contributed by atoms with Gasteiger partial charge in [0.15, 0.2) is 0 Å². The van der Waals surface area contributed by atoms with Gasteiger partial charge in [0.2, 0.25) is 0 Å². The van der Waals surface area contributed by atoms with Crippen LogP contribution < -0.4 is 10.6 Å². The second kappa shape index (κ2) is 5.45. The quantitative estimate of drug-likeness (QED) is 0.815. The van der Waals surface area contributed by atoms with Crippen molar-refractivity contribution in [1.29, 1.82) is 0 Å². The van der Waals surface area contributed by atoms with Crippen LogP contribution in [0.4, 0.5) is 5.69 Å². The van der Waals surface area contributed by atoms with Crippen LogP contribution in [0.5, 0.6) is 0 Å². The van der Waals surface area contributed by atoms with Gasteiger partial charge in [-0.05, 0) is 47.5 Å². The number of carbonyl (C=O) groups is 1. The van der Waals surface area contributed by atoms with E-state index in [2.05, 4.69) is 26.2 Å². The van der Waals surface area contributed by atoms with Gasteiger partial charge in [-0.25, -0.2) is 4.68 Å². The number of nitrogens with one attached hydrogen (secondary N) is 2. The first-order chi connectivity index (χ1) is 10.1. The molecule has 1 aliphatic rings. The van der Waals surface area contributed by atoms with Crippen LogP contribution in [0.3, 0.4) is 0 Å². The summed E-state index contributed by atoms with van der Waals surface area (Å²) in [5, 5.41) is 17.2. The lowest BCUT2D eigenvalue weighted by Gasteiger charge is -2.21. The Balaban J connectivity index is 1.83. The van der Waals surface area contributed by atoms with E-state index in [1.165, 1.54) is 6.33 Å². The molecule has 0 bridgehead atoms. The fourth-order valence-corrected chi connectivity index (χ4v) is 2.11. The molecule has 7 heteroatoms. The Morgan fingerprint density at radius 1 is 1.38 bits per heavy atom. The summed E-state index contributed by atoms with van der Waals surface area (Å²) >= 11 is 0. The SMILES string of the molecule is CC(C(=O)Nc1ccc(C)c(-n2cnnn2)c1)=C1CNC1. The largest absolute Gasteiger partial charge is 0.322 e. The van der Waals surface area contributed by atoms with Crippen molar-refractivity contribution in [2.75, 3.05) is 18.4 Å². The van der Waals surface area contributed by atoms with E-state index < -0.39 is 0 Å². The number of hydrogen-bond donors (Lipinski definition) is 2. The van der Waals surface area contributed by atoms with Crippen molar-refractivity contribution < 1.29 is 4.79 Å². The van der Waals surface area contributed by atoms with Crippen molar-refractivity contribution in [3.63, 3.8) is 0 Å². The third-order valence-corrected chi connectivity index (χ3v) is 3.61. The molecule has 1 aliphatic heterocycles. The van der Waals surface area contributed by atoms with Crippen LogP contribution in [0.25, 0.3) is 5.69 Å². The lowest BCUT2D eigenvalue weighted by atomic mass is 10.0. The summed E-state index contributed by atoms with van der Waals surface area (Å²) in [5.41, 5.74) is 4.52. The first kappa shape index (κ1) is 13.4. The van der Waals surface area contributed by atoms with Crippen LogP contribution in [-0.2, 0) is 4.79 Å². The fourth-order valence-electron chi connectivity index (χ4n) is 2.11. The third-order valence-electron chi connectivity index (χ3n) is 3.61. The predicted molar refractivity (Wildman–Crippen MR) is 78.1 cm³/mol. The van der Waals surface area contributed by atoms with Gasteiger partial charge >= 0.3 is 0 Å². The summed E-state index contributed by atoms with van der Waals surface area (Å²) in [6, 6.07) is 5.67. The van der Waals surface area contributed by atoms with Crippen LogP contribution in [-0.4, -0.2) is 39.2 Å². The van der Waals surface area contributed by atoms with Gasteiger partial charge in [-0.15, -0.1) is 5.10 Å². The Bertz CT molecular complexity index is 698. The summed E-state index contributed by atoms with van der Waals surface area (Å²) in [6.45, 7) is 5.41. The van der Waals surface area contributed by atoms with E-state index in [9.17, 15) is 4.79 Å². The molecule has 0 atom stereocenters. The van der Waals surface area contributed by atoms with E-state index in [0.717, 1.165) is 41.2 Å². The van der Waals surface area contributed by atoms with Crippen molar-refractivity contribution in [3.8, 4) is 5.69 Å². The molecule has 1 aromatic carbocycles. The molecule has 21 heavy (non-hydrogen) atoms. The first-order valence-corrected chi connectivity index (χ1v) is 6.70. The maximum absolute atomic E-state index is 12.2. The number of anilines is 1. The Hall–Kier alpha value is -2.54. The Morgan fingerprint density at radius 3 is 2.81 bits per heavy atom. The molecule has 7 nitrogen and oxygen atoms in total. The zero-order valence-corrected chi connectivity index (χ0v) is 11.9. The van der Waals surface area contributed by atoms with Gasteiger partial charge in [0.1, 0.15) is 6.33 Å². The maximum atomic E-state index is 12.2. The predicted octanol–water partition coefficient (Wildman–Crippen LogP) is 0.829. The summed E-state index contributed by atoms with van der Waals surface area (Å²) in [7, 11) is 0. The highest BCUT2D eigenvalue weighted by atomic mass is 16.1. The zero-order chi connectivity index (χ0) is 14.8. The molecule has 108 valence electrons. The highest BCUT2D eigenvalue weighted by Crippen LogP contribution is 2.19. The van der Waals surface area contributed by atoms with Crippen LogP contribution in [0, 0.1) is 6.92 Å². The second-order valence-electron chi connectivity index (χ2n) is 5.04. The molecule has 1 aromatic heterocycles. The molecule has 0 unspecified atom stereocenters. The molecule has 1 amide bonds. The van der Waals surface area contributed by atoms with E-state index in [1.807, 2.05) is 32.0 Å². The van der Waals surface area contributed by atoms with Crippen molar-refractivity contribution in [1.82, 2.24) is 25.5 Å². The van der Waals surface area contributed by atoms with Crippen LogP contribution in [0.1, 0.15) is 12.5 Å². The van der Waals surface area contributed by atoms with Gasteiger partial charge in [-0.3, -0.25) is 4.79 Å². The summed E-state index contributed by atoms with van der Waals surface area (Å²) in [5.74, 6) is -0.0713. The van der Waals surface area contributed by atoms with Crippen LogP contribution in [0.2, 0.25) is 0 Å². The average molecular weight is 284 g/mol. The number of carbonyl (C=O) groups excluding carboxylic acids is 1. The van der Waals surface area contributed by atoms with E-state index in [4.69, 9.17) is 0 Å². The standard InChI is InChI=1S/C14H16N6O/c1-9-3-4-12(5-13(9)20-8-16-18-19-20)17-14(21)10(2)11-6-15-7-11/h3-5,8,15H,6-7H2,1-2H3,(H,17,21). The Morgan fingerprint density at radius 2 is 2.19 bits per heavy atom. The van der Waals surface area contributed by atoms with Crippen LogP contribution in [0.15, 0.2) is 35.7 Å². The molecular formula is C14H16N6O. The Labute approximate surface area is 122 Å². The number of rotatable bonds is 3. The van der Waals surface area contributed by atoms with Gasteiger partial charge in [-0.1, -0.05) is 6.07 Å². The minimum atomic E-state index is -0.0713. The number of benzene rings is 1. The summed E-state index contributed by atoms with van der Waals surface area (Å²) in [6.07, 6.45) is 1.53. The number of aromatic nitrogens is 4. The van der Waals surface area contributed by atoms with Crippen LogP contribution >= 0.6 is 0 Å². The minimum Gasteiger partial charge on any atom is -0.322 e. The number of amides is 1. The van der Waals surface area contributed by atoms with E-state index >= 15 is 0 Å². The van der Waals surface area contributed by atoms with Gasteiger partial charge in [-0.2, -0.15) is 0 Å². The lowest BCUT2D eigenvalue weighted by Crippen LogP contribution is -2.36. The van der Waals surface area contributed by atoms with Crippen molar-refractivity contribution in [2.24, 2.45) is 0 Å². The molecule has 0 saturated carbocycles. The monoisotopic (exact) mass is 284 g/mol. The molecule has 0 spiro atoms.